The number of nitrogens with zero attached hydrogens (tertiary/aromatic N) is 1. The number of hydrogen-bond acceptors (Lipinski definition) is 3. The Morgan fingerprint density at radius 1 is 1.25 bits per heavy atom. The molecule has 0 atom stereocenters. The van der Waals surface area contributed by atoms with E-state index in [-0.39, 0.29) is 11.7 Å². The van der Waals surface area contributed by atoms with E-state index in [1.807, 2.05) is 0 Å². The van der Waals surface area contributed by atoms with Crippen LogP contribution < -0.4 is 5.32 Å². The van der Waals surface area contributed by atoms with Crippen molar-refractivity contribution in [3.8, 4) is 0 Å². The first-order valence-electron chi connectivity index (χ1n) is 8.26. The number of amides is 1. The van der Waals surface area contributed by atoms with Gasteiger partial charge in [0.25, 0.3) is 5.91 Å². The zero-order valence-electron chi connectivity index (χ0n) is 13.5. The lowest BCUT2D eigenvalue weighted by Crippen LogP contribution is -2.32. The molecule has 3 rings (SSSR count). The molecule has 0 unspecified atom stereocenters. The van der Waals surface area contributed by atoms with Crippen molar-refractivity contribution in [2.75, 3.05) is 19.8 Å². The van der Waals surface area contributed by atoms with Gasteiger partial charge in [0.2, 0.25) is 0 Å². The van der Waals surface area contributed by atoms with Crippen molar-refractivity contribution < 1.29 is 13.9 Å². The molecular weight excluding hydrogens is 307 g/mol. The first kappa shape index (κ1) is 16.6. The van der Waals surface area contributed by atoms with Crippen LogP contribution in [-0.2, 0) is 11.2 Å². The highest BCUT2D eigenvalue weighted by Gasteiger charge is 2.15. The summed E-state index contributed by atoms with van der Waals surface area (Å²) in [4.78, 5) is 16.6. The molecule has 2 aromatic rings. The van der Waals surface area contributed by atoms with Crippen molar-refractivity contribution in [1.82, 2.24) is 10.3 Å². The number of aromatic nitrogens is 1. The third-order valence-corrected chi connectivity index (χ3v) is 4.30. The van der Waals surface area contributed by atoms with Gasteiger partial charge >= 0.3 is 0 Å². The summed E-state index contributed by atoms with van der Waals surface area (Å²) in [5.74, 6) is 0.106. The van der Waals surface area contributed by atoms with Crippen LogP contribution in [0.2, 0.25) is 0 Å². The Morgan fingerprint density at radius 2 is 2.04 bits per heavy atom. The highest BCUT2D eigenvalue weighted by molar-refractivity contribution is 5.94. The SMILES string of the molecule is O=C(NCC1CCOCC1)c1ccnc(Cc2ccccc2F)c1. The van der Waals surface area contributed by atoms with Crippen molar-refractivity contribution in [1.29, 1.82) is 0 Å². The van der Waals surface area contributed by atoms with E-state index in [9.17, 15) is 9.18 Å². The second-order valence-corrected chi connectivity index (χ2v) is 6.07. The van der Waals surface area contributed by atoms with Crippen LogP contribution in [0.5, 0.6) is 0 Å². The van der Waals surface area contributed by atoms with E-state index >= 15 is 0 Å². The fourth-order valence-electron chi connectivity index (χ4n) is 2.84. The number of carbonyl (C=O) groups is 1. The van der Waals surface area contributed by atoms with Crippen LogP contribution in [-0.4, -0.2) is 30.6 Å². The van der Waals surface area contributed by atoms with Crippen LogP contribution in [0.25, 0.3) is 0 Å². The van der Waals surface area contributed by atoms with E-state index in [1.54, 1.807) is 36.5 Å². The predicted octanol–water partition coefficient (Wildman–Crippen LogP) is 2.97. The Balaban J connectivity index is 1.61. The van der Waals surface area contributed by atoms with Crippen LogP contribution in [0.15, 0.2) is 42.6 Å². The fraction of sp³-hybridized carbons (Fsp3) is 0.368. The molecule has 2 heterocycles. The Hall–Kier alpha value is -2.27. The van der Waals surface area contributed by atoms with Gasteiger partial charge in [-0.2, -0.15) is 0 Å². The van der Waals surface area contributed by atoms with Gasteiger partial charge in [0.05, 0.1) is 0 Å². The lowest BCUT2D eigenvalue weighted by molar-refractivity contribution is 0.0642. The smallest absolute Gasteiger partial charge is 0.251 e. The number of ether oxygens (including phenoxy) is 1. The molecule has 1 amide bonds. The van der Waals surface area contributed by atoms with Crippen LogP contribution in [0.4, 0.5) is 4.39 Å². The van der Waals surface area contributed by atoms with Gasteiger partial charge in [0.15, 0.2) is 0 Å². The summed E-state index contributed by atoms with van der Waals surface area (Å²) in [6.07, 6.45) is 3.93. The zero-order valence-corrected chi connectivity index (χ0v) is 13.5. The summed E-state index contributed by atoms with van der Waals surface area (Å²) in [5, 5.41) is 2.97. The van der Waals surface area contributed by atoms with E-state index in [2.05, 4.69) is 10.3 Å². The van der Waals surface area contributed by atoms with Crippen LogP contribution >= 0.6 is 0 Å². The summed E-state index contributed by atoms with van der Waals surface area (Å²) in [7, 11) is 0. The Labute approximate surface area is 141 Å². The maximum atomic E-state index is 13.7. The molecule has 0 bridgehead atoms. The second kappa shape index (κ2) is 8.02. The lowest BCUT2D eigenvalue weighted by atomic mass is 10.0. The summed E-state index contributed by atoms with van der Waals surface area (Å²) < 4.78 is 19.1. The molecule has 5 heteroatoms. The predicted molar refractivity (Wildman–Crippen MR) is 89.3 cm³/mol. The molecule has 126 valence electrons. The second-order valence-electron chi connectivity index (χ2n) is 6.07. The van der Waals surface area contributed by atoms with Crippen molar-refractivity contribution >= 4 is 5.91 Å². The molecule has 0 spiro atoms. The topological polar surface area (TPSA) is 51.2 Å². The van der Waals surface area contributed by atoms with Crippen LogP contribution in [0, 0.1) is 11.7 Å². The van der Waals surface area contributed by atoms with Gasteiger partial charge < -0.3 is 10.1 Å². The number of halogens is 1. The molecule has 1 N–H and O–H groups in total. The van der Waals surface area contributed by atoms with Crippen LogP contribution in [0.3, 0.4) is 0 Å². The molecule has 0 radical (unpaired) electrons. The quantitative estimate of drug-likeness (QED) is 0.918. The molecule has 1 aliphatic rings. The average Bonchev–Trinajstić information content (AvgIpc) is 2.63. The summed E-state index contributed by atoms with van der Waals surface area (Å²) >= 11 is 0. The number of pyridine rings is 1. The summed E-state index contributed by atoms with van der Waals surface area (Å²) in [6.45, 7) is 2.19. The fourth-order valence-corrected chi connectivity index (χ4v) is 2.84. The molecule has 24 heavy (non-hydrogen) atoms. The van der Waals surface area contributed by atoms with Gasteiger partial charge in [-0.15, -0.1) is 0 Å². The minimum atomic E-state index is -0.256. The van der Waals surface area contributed by atoms with Gasteiger partial charge in [-0.3, -0.25) is 9.78 Å². The minimum Gasteiger partial charge on any atom is -0.381 e. The molecule has 1 aliphatic heterocycles. The van der Waals surface area contributed by atoms with Crippen molar-refractivity contribution in [2.45, 2.75) is 19.3 Å². The molecule has 4 nitrogen and oxygen atoms in total. The average molecular weight is 328 g/mol. The largest absolute Gasteiger partial charge is 0.381 e. The van der Waals surface area contributed by atoms with E-state index in [0.717, 1.165) is 26.1 Å². The van der Waals surface area contributed by atoms with E-state index in [4.69, 9.17) is 4.74 Å². The standard InChI is InChI=1S/C19H21FN2O2/c20-18-4-2-1-3-15(18)11-17-12-16(5-8-21-17)19(23)22-13-14-6-9-24-10-7-14/h1-5,8,12,14H,6-7,9-11,13H2,(H,22,23). The van der Waals surface area contributed by atoms with E-state index in [0.29, 0.717) is 35.7 Å². The number of hydrogen-bond donors (Lipinski definition) is 1. The van der Waals surface area contributed by atoms with E-state index in [1.165, 1.54) is 6.07 Å². The van der Waals surface area contributed by atoms with Crippen molar-refractivity contribution in [3.05, 3.63) is 65.2 Å². The minimum absolute atomic E-state index is 0.112. The normalized spacial score (nSPS) is 15.2. The Morgan fingerprint density at radius 3 is 2.83 bits per heavy atom. The zero-order chi connectivity index (χ0) is 16.8. The van der Waals surface area contributed by atoms with Crippen molar-refractivity contribution in [2.24, 2.45) is 5.92 Å². The van der Waals surface area contributed by atoms with E-state index < -0.39 is 0 Å². The molecule has 1 aromatic heterocycles. The monoisotopic (exact) mass is 328 g/mol. The third kappa shape index (κ3) is 4.38. The maximum Gasteiger partial charge on any atom is 0.251 e. The first-order valence-corrected chi connectivity index (χ1v) is 8.26. The maximum absolute atomic E-state index is 13.7. The van der Waals surface area contributed by atoms with Gasteiger partial charge in [-0.25, -0.2) is 4.39 Å². The molecule has 0 saturated carbocycles. The van der Waals surface area contributed by atoms with Crippen LogP contribution in [0.1, 0.15) is 34.5 Å². The lowest BCUT2D eigenvalue weighted by Gasteiger charge is -2.22. The molecular formula is C19H21FN2O2. The molecule has 1 aromatic carbocycles. The highest BCUT2D eigenvalue weighted by Crippen LogP contribution is 2.15. The van der Waals surface area contributed by atoms with Gasteiger partial charge in [-0.05, 0) is 42.5 Å². The van der Waals surface area contributed by atoms with Gasteiger partial charge in [-0.1, -0.05) is 18.2 Å². The van der Waals surface area contributed by atoms with Gasteiger partial charge in [0.1, 0.15) is 5.82 Å². The molecule has 0 aliphatic carbocycles. The third-order valence-electron chi connectivity index (χ3n) is 4.30. The first-order chi connectivity index (χ1) is 11.7. The molecule has 1 saturated heterocycles. The highest BCUT2D eigenvalue weighted by atomic mass is 19.1. The number of benzene rings is 1. The van der Waals surface area contributed by atoms with Crippen molar-refractivity contribution in [3.63, 3.8) is 0 Å². The summed E-state index contributed by atoms with van der Waals surface area (Å²) in [5.41, 5.74) is 1.81. The number of rotatable bonds is 5. The number of nitrogens with one attached hydrogen (secondary N) is 1. The number of carbonyl (C=O) groups excluding carboxylic acids is 1. The summed E-state index contributed by atoms with van der Waals surface area (Å²) in [6, 6.07) is 10.0. The Kier molecular flexibility index (Phi) is 5.54. The van der Waals surface area contributed by atoms with Gasteiger partial charge in [0, 0.05) is 43.6 Å². The molecule has 1 fully saturated rings. The Bertz CT molecular complexity index is 699.